The topological polar surface area (TPSA) is 93.4 Å². The van der Waals surface area contributed by atoms with Crippen LogP contribution in [0, 0.1) is 10.1 Å². The maximum atomic E-state index is 12.7. The Morgan fingerprint density at radius 3 is 2.68 bits per heavy atom. The van der Waals surface area contributed by atoms with Crippen molar-refractivity contribution in [3.05, 3.63) is 62.6 Å². The molecule has 2 aromatic carbocycles. The lowest BCUT2D eigenvalue weighted by molar-refractivity contribution is -0.387. The van der Waals surface area contributed by atoms with E-state index in [4.69, 9.17) is 11.6 Å². The molecule has 0 N–H and O–H groups in total. The highest BCUT2D eigenvalue weighted by Gasteiger charge is 2.30. The summed E-state index contributed by atoms with van der Waals surface area (Å²) in [5, 5.41) is 11.9. The number of halogens is 1. The molecule has 10 heteroatoms. The maximum absolute atomic E-state index is 12.7. The first kappa shape index (κ1) is 17.7. The lowest BCUT2D eigenvalue weighted by atomic mass is 10.3. The van der Waals surface area contributed by atoms with Crippen LogP contribution in [0.15, 0.2) is 47.4 Å². The molecule has 0 spiro atoms. The van der Waals surface area contributed by atoms with Gasteiger partial charge < -0.3 is 0 Å². The van der Waals surface area contributed by atoms with Crippen LogP contribution in [0.4, 0.5) is 5.69 Å². The van der Waals surface area contributed by atoms with E-state index in [1.165, 1.54) is 24.5 Å². The van der Waals surface area contributed by atoms with Crippen LogP contribution < -0.4 is 0 Å². The van der Waals surface area contributed by atoms with Gasteiger partial charge in [-0.25, -0.2) is 13.4 Å². The molecule has 7 nitrogen and oxygen atoms in total. The van der Waals surface area contributed by atoms with E-state index < -0.39 is 25.5 Å². The van der Waals surface area contributed by atoms with E-state index in [1.807, 2.05) is 24.3 Å². The van der Waals surface area contributed by atoms with Crippen LogP contribution in [-0.2, 0) is 16.6 Å². The van der Waals surface area contributed by atoms with Crippen LogP contribution in [0.1, 0.15) is 5.01 Å². The third-order valence-electron chi connectivity index (χ3n) is 3.50. The van der Waals surface area contributed by atoms with Gasteiger partial charge in [0.15, 0.2) is 4.90 Å². The Balaban J connectivity index is 1.95. The monoisotopic (exact) mass is 397 g/mol. The fraction of sp³-hybridized carbons (Fsp3) is 0.133. The zero-order valence-corrected chi connectivity index (χ0v) is 15.3. The number of aromatic nitrogens is 1. The maximum Gasteiger partial charge on any atom is 0.290 e. The van der Waals surface area contributed by atoms with Crippen LogP contribution in [0.2, 0.25) is 5.02 Å². The highest BCUT2D eigenvalue weighted by molar-refractivity contribution is 7.89. The van der Waals surface area contributed by atoms with Crippen molar-refractivity contribution in [2.24, 2.45) is 0 Å². The molecule has 1 aromatic heterocycles. The first-order valence-corrected chi connectivity index (χ1v) is 9.67. The first-order valence-electron chi connectivity index (χ1n) is 7.04. The number of nitrogens with zero attached hydrogens (tertiary/aromatic N) is 3. The number of hydrogen-bond donors (Lipinski definition) is 0. The molecule has 0 amide bonds. The predicted octanol–water partition coefficient (Wildman–Crippen LogP) is 3.68. The van der Waals surface area contributed by atoms with Crippen LogP contribution in [0.5, 0.6) is 0 Å². The van der Waals surface area contributed by atoms with Gasteiger partial charge in [-0.05, 0) is 24.3 Å². The average Bonchev–Trinajstić information content (AvgIpc) is 2.96. The Hall–Kier alpha value is -2.07. The summed E-state index contributed by atoms with van der Waals surface area (Å²) >= 11 is 7.12. The second-order valence-electron chi connectivity index (χ2n) is 5.21. The molecule has 3 aromatic rings. The molecule has 0 fully saturated rings. The summed E-state index contributed by atoms with van der Waals surface area (Å²) in [6.45, 7) is 0.0153. The number of sulfonamides is 1. The molecule has 0 aliphatic carbocycles. The van der Waals surface area contributed by atoms with Gasteiger partial charge in [-0.2, -0.15) is 4.31 Å². The van der Waals surface area contributed by atoms with E-state index in [1.54, 1.807) is 0 Å². The number of benzene rings is 2. The van der Waals surface area contributed by atoms with Gasteiger partial charge in [0.25, 0.3) is 5.69 Å². The van der Waals surface area contributed by atoms with Crippen LogP contribution in [-0.4, -0.2) is 29.7 Å². The first-order chi connectivity index (χ1) is 11.8. The smallest absolute Gasteiger partial charge is 0.258 e. The van der Waals surface area contributed by atoms with Crippen LogP contribution in [0.3, 0.4) is 0 Å². The van der Waals surface area contributed by atoms with E-state index >= 15 is 0 Å². The molecule has 25 heavy (non-hydrogen) atoms. The molecule has 0 bridgehead atoms. The molecule has 130 valence electrons. The average molecular weight is 398 g/mol. The van der Waals surface area contributed by atoms with Crippen LogP contribution in [0.25, 0.3) is 10.2 Å². The lowest BCUT2D eigenvalue weighted by Gasteiger charge is -2.15. The van der Waals surface area contributed by atoms with Crippen molar-refractivity contribution in [3.63, 3.8) is 0 Å². The summed E-state index contributed by atoms with van der Waals surface area (Å²) in [6.07, 6.45) is 0. The highest BCUT2D eigenvalue weighted by atomic mass is 35.5. The van der Waals surface area contributed by atoms with E-state index in [2.05, 4.69) is 4.98 Å². The van der Waals surface area contributed by atoms with Gasteiger partial charge in [-0.15, -0.1) is 11.3 Å². The van der Waals surface area contributed by atoms with Gasteiger partial charge in [0.05, 0.1) is 21.7 Å². The minimum Gasteiger partial charge on any atom is -0.258 e. The summed E-state index contributed by atoms with van der Waals surface area (Å²) in [7, 11) is -2.71. The number of nitro groups is 1. The van der Waals surface area contributed by atoms with Gasteiger partial charge in [0.1, 0.15) is 5.01 Å². The lowest BCUT2D eigenvalue weighted by Crippen LogP contribution is -2.27. The molecule has 0 saturated heterocycles. The van der Waals surface area contributed by atoms with E-state index in [0.717, 1.165) is 26.7 Å². The summed E-state index contributed by atoms with van der Waals surface area (Å²) in [6, 6.07) is 11.0. The van der Waals surface area contributed by atoms with Gasteiger partial charge >= 0.3 is 0 Å². The summed E-state index contributed by atoms with van der Waals surface area (Å²) in [5.74, 6) is 0. The number of rotatable bonds is 5. The molecule has 0 aliphatic heterocycles. The molecular formula is C15H12ClN3O4S2. The van der Waals surface area contributed by atoms with E-state index in [9.17, 15) is 18.5 Å². The number of hydrogen-bond acceptors (Lipinski definition) is 6. The summed E-state index contributed by atoms with van der Waals surface area (Å²) in [5.41, 5.74) is 0.231. The van der Waals surface area contributed by atoms with Crippen molar-refractivity contribution >= 4 is 48.9 Å². The van der Waals surface area contributed by atoms with Gasteiger partial charge in [-0.1, -0.05) is 23.7 Å². The summed E-state index contributed by atoms with van der Waals surface area (Å²) in [4.78, 5) is 14.4. The largest absolute Gasteiger partial charge is 0.290 e. The van der Waals surface area contributed by atoms with Crippen molar-refractivity contribution in [3.8, 4) is 0 Å². The molecule has 0 unspecified atom stereocenters. The third kappa shape index (κ3) is 3.49. The van der Waals surface area contributed by atoms with Crippen molar-refractivity contribution in [2.75, 3.05) is 7.05 Å². The van der Waals surface area contributed by atoms with Gasteiger partial charge in [0.2, 0.25) is 10.0 Å². The fourth-order valence-electron chi connectivity index (χ4n) is 2.28. The van der Waals surface area contributed by atoms with Crippen LogP contribution >= 0.6 is 22.9 Å². The number of nitro benzene ring substituents is 1. The minimum absolute atomic E-state index is 0.0153. The zero-order valence-electron chi connectivity index (χ0n) is 12.9. The zero-order chi connectivity index (χ0) is 18.2. The molecule has 0 atom stereocenters. The molecule has 0 radical (unpaired) electrons. The fourth-order valence-corrected chi connectivity index (χ4v) is 4.82. The molecule has 1 heterocycles. The number of fused-ring (bicyclic) bond motifs is 1. The molecule has 0 aliphatic rings. The Bertz CT molecular complexity index is 1030. The summed E-state index contributed by atoms with van der Waals surface area (Å²) < 4.78 is 27.5. The third-order valence-corrected chi connectivity index (χ3v) is 6.61. The van der Waals surface area contributed by atoms with Crippen molar-refractivity contribution in [1.82, 2.24) is 9.29 Å². The van der Waals surface area contributed by atoms with E-state index in [-0.39, 0.29) is 11.6 Å². The SMILES string of the molecule is CN(Cc1nc2ccccc2s1)S(=O)(=O)c1ccc(Cl)cc1[N+](=O)[O-]. The quantitative estimate of drug-likeness (QED) is 0.483. The highest BCUT2D eigenvalue weighted by Crippen LogP contribution is 2.30. The van der Waals surface area contributed by atoms with E-state index in [0.29, 0.717) is 5.01 Å². The molecular weight excluding hydrogens is 386 g/mol. The van der Waals surface area contributed by atoms with Crippen molar-refractivity contribution in [2.45, 2.75) is 11.4 Å². The normalized spacial score (nSPS) is 12.0. The Morgan fingerprint density at radius 2 is 2.00 bits per heavy atom. The standard InChI is InChI=1S/C15H12ClN3O4S2/c1-18(9-15-17-11-4-2-3-5-13(11)24-15)25(22,23)14-7-6-10(16)8-12(14)19(20)21/h2-8H,9H2,1H3. The number of para-hydroxylation sites is 1. The Kier molecular flexibility index (Phi) is 4.74. The number of thiazole rings is 1. The van der Waals surface area contributed by atoms with Crippen molar-refractivity contribution in [1.29, 1.82) is 0 Å². The molecule has 3 rings (SSSR count). The minimum atomic E-state index is -4.07. The Morgan fingerprint density at radius 1 is 1.28 bits per heavy atom. The van der Waals surface area contributed by atoms with Crippen molar-refractivity contribution < 1.29 is 13.3 Å². The predicted molar refractivity (Wildman–Crippen MR) is 96.4 cm³/mol. The van der Waals surface area contributed by atoms with Gasteiger partial charge in [-0.3, -0.25) is 10.1 Å². The Labute approximate surface area is 152 Å². The second kappa shape index (κ2) is 6.68. The van der Waals surface area contributed by atoms with Gasteiger partial charge in [0, 0.05) is 18.1 Å². The molecule has 0 saturated carbocycles. The second-order valence-corrected chi connectivity index (χ2v) is 8.77.